The summed E-state index contributed by atoms with van der Waals surface area (Å²) in [5, 5.41) is 0. The Bertz CT molecular complexity index is 33.6. The Morgan fingerprint density at radius 3 is 0.400 bits per heavy atom. The van der Waals surface area contributed by atoms with Gasteiger partial charge in [0.2, 0.25) is 0 Å². The van der Waals surface area contributed by atoms with Crippen LogP contribution in [0.25, 0.3) is 0 Å². The second kappa shape index (κ2) is 417. The number of hydrogen-bond acceptors (Lipinski definition) is 4. The van der Waals surface area contributed by atoms with Crippen LogP contribution in [0.2, 0.25) is 0 Å². The minimum atomic E-state index is 0. The zero-order valence-electron chi connectivity index (χ0n) is 16.0. The fraction of sp³-hybridized carbons (Fsp3) is 1.00. The van der Waals surface area contributed by atoms with Crippen molar-refractivity contribution in [2.24, 2.45) is 0 Å². The van der Waals surface area contributed by atoms with E-state index in [0.29, 0.717) is 0 Å². The van der Waals surface area contributed by atoms with Gasteiger partial charge in [-0.3, -0.25) is 4.70 Å². The maximum Gasteiger partial charge on any atom is 0.0351 e. The summed E-state index contributed by atoms with van der Waals surface area (Å²) >= 11 is 0. The first-order valence-corrected chi connectivity index (χ1v) is 6.27. The van der Waals surface area contributed by atoms with Crippen molar-refractivity contribution in [1.82, 2.24) is 0 Å². The van der Waals surface area contributed by atoms with Crippen molar-refractivity contribution in [3.63, 3.8) is 0 Å². The van der Waals surface area contributed by atoms with Crippen LogP contribution < -0.4 is 0 Å². The van der Waals surface area contributed by atoms with Crippen LogP contribution in [-0.4, -0.2) is 56.9 Å². The Kier molecular flexibility index (Phi) is 1250. The van der Waals surface area contributed by atoms with Crippen LogP contribution in [0.3, 0.4) is 0 Å². The molecule has 0 spiro atoms. The van der Waals surface area contributed by atoms with E-state index in [1.807, 2.05) is 41.5 Å². The van der Waals surface area contributed by atoms with E-state index in [9.17, 15) is 0 Å². The molecule has 0 aromatic heterocycles. The molecule has 0 heterocycles. The van der Waals surface area contributed by atoms with Gasteiger partial charge < -0.3 is 18.9 Å². The van der Waals surface area contributed by atoms with Crippen LogP contribution in [0.15, 0.2) is 0 Å². The van der Waals surface area contributed by atoms with Crippen LogP contribution in [0.4, 0.5) is 4.70 Å². The Labute approximate surface area is 132 Å². The Balaban J connectivity index is -0.00000000828. The molecule has 4 nitrogen and oxygen atoms in total. The molecule has 0 aliphatic heterocycles. The molecule has 5 heteroatoms. The van der Waals surface area contributed by atoms with Crippen molar-refractivity contribution in [2.75, 3.05) is 56.9 Å². The molecule has 0 aromatic rings. The maximum absolute atomic E-state index is 4.25. The molecule has 0 unspecified atom stereocenters. The molecular weight excluding hydrogens is 263 g/mol. The SMILES string of the molecule is C.CC.CC.CC.COC.COC.COC.COC.F.[2HH]. The molecule has 0 atom stereocenters. The largest absolute Gasteiger partial charge is 0.388 e. The smallest absolute Gasteiger partial charge is 0.0351 e. The monoisotopic (exact) mass is 313 g/mol. The molecular formula is C15H49FO4. The quantitative estimate of drug-likeness (QED) is 0.618. The van der Waals surface area contributed by atoms with Gasteiger partial charge in [0.1, 0.15) is 0 Å². The maximum atomic E-state index is 4.25. The van der Waals surface area contributed by atoms with Crippen LogP contribution >= 0.6 is 0 Å². The highest BCUT2D eigenvalue weighted by molar-refractivity contribution is 3.57. The summed E-state index contributed by atoms with van der Waals surface area (Å²) in [6.07, 6.45) is 0. The highest BCUT2D eigenvalue weighted by Gasteiger charge is 1.26. The predicted octanol–water partition coefficient (Wildman–Crippen LogP) is 5.16. The lowest BCUT2D eigenvalue weighted by Gasteiger charge is -1.61. The molecule has 0 fully saturated rings. The van der Waals surface area contributed by atoms with E-state index in [0.717, 1.165) is 0 Å². The Hall–Kier alpha value is -0.230. The standard InChI is InChI=1S/4C2H6O.3C2H6.CH4.FH.H2/c4*1-3-2;3*1-2;;;/h4*1-2H3;3*1-2H3;1H4;2*1H/i;;;;;;;;;1+1. The first-order valence-electron chi connectivity index (χ1n) is 6.27. The van der Waals surface area contributed by atoms with E-state index in [2.05, 4.69) is 18.9 Å². The van der Waals surface area contributed by atoms with Crippen molar-refractivity contribution in [3.05, 3.63) is 0 Å². The van der Waals surface area contributed by atoms with Gasteiger partial charge >= 0.3 is 0 Å². The van der Waals surface area contributed by atoms with E-state index in [-0.39, 0.29) is 13.6 Å². The summed E-state index contributed by atoms with van der Waals surface area (Å²) < 4.78 is 17.0. The first kappa shape index (κ1) is 60.0. The third kappa shape index (κ3) is 94500. The van der Waals surface area contributed by atoms with E-state index in [4.69, 9.17) is 0 Å². The van der Waals surface area contributed by atoms with Gasteiger partial charge in [-0.15, -0.1) is 0 Å². The molecule has 140 valence electrons. The third-order valence-electron chi connectivity index (χ3n) is 0. The third-order valence-corrected chi connectivity index (χ3v) is 0. The van der Waals surface area contributed by atoms with Gasteiger partial charge in [0.25, 0.3) is 0 Å². The summed E-state index contributed by atoms with van der Waals surface area (Å²) in [5.41, 5.74) is 0. The fourth-order valence-electron chi connectivity index (χ4n) is 0. The summed E-state index contributed by atoms with van der Waals surface area (Å²) in [6.45, 7) is 12.0. The van der Waals surface area contributed by atoms with Gasteiger partial charge in [0.05, 0.1) is 0 Å². The van der Waals surface area contributed by atoms with Gasteiger partial charge in [-0.2, -0.15) is 0 Å². The average molecular weight is 314 g/mol. The number of rotatable bonds is 0. The predicted molar refractivity (Wildman–Crippen MR) is 97.1 cm³/mol. The van der Waals surface area contributed by atoms with Gasteiger partial charge in [-0.25, -0.2) is 0 Å². The minimum Gasteiger partial charge on any atom is -0.388 e. The molecule has 0 bridgehead atoms. The lowest BCUT2D eigenvalue weighted by Crippen LogP contribution is -1.55. The van der Waals surface area contributed by atoms with Gasteiger partial charge in [0, 0.05) is 58.3 Å². The Morgan fingerprint density at radius 1 is 0.400 bits per heavy atom. The van der Waals surface area contributed by atoms with Gasteiger partial charge in [0.15, 0.2) is 0 Å². The number of methoxy groups -OCH3 is 4. The molecule has 0 aromatic carbocycles. The summed E-state index contributed by atoms with van der Waals surface area (Å²) in [7, 11) is 13.0. The Morgan fingerprint density at radius 2 is 0.400 bits per heavy atom. The van der Waals surface area contributed by atoms with Crippen molar-refractivity contribution in [3.8, 4) is 0 Å². The number of ether oxygens (including phenoxy) is 4. The molecule has 0 radical (unpaired) electrons. The fourth-order valence-corrected chi connectivity index (χ4v) is 0. The lowest BCUT2D eigenvalue weighted by molar-refractivity contribution is 0.277. The van der Waals surface area contributed by atoms with Crippen LogP contribution in [0.1, 0.15) is 50.4 Å². The number of halogens is 1. The lowest BCUT2D eigenvalue weighted by atomic mass is 11.0. The molecule has 0 aliphatic rings. The minimum absolute atomic E-state index is 0. The van der Waals surface area contributed by atoms with Crippen molar-refractivity contribution >= 4 is 0 Å². The highest BCUT2D eigenvalue weighted by Crippen LogP contribution is 1.29. The molecule has 0 aliphatic carbocycles. The summed E-state index contributed by atoms with van der Waals surface area (Å²) in [4.78, 5) is 0. The normalized spacial score (nSPS) is 4.50. The van der Waals surface area contributed by atoms with E-state index in [1.54, 1.807) is 56.9 Å². The summed E-state index contributed by atoms with van der Waals surface area (Å²) in [5.74, 6) is 0. The molecule has 0 rings (SSSR count). The van der Waals surface area contributed by atoms with Crippen molar-refractivity contribution in [1.29, 1.82) is 0 Å². The average Bonchev–Trinajstić information content (AvgIpc) is 2.40. The second-order valence-electron chi connectivity index (χ2n) is 1.63. The molecule has 20 heavy (non-hydrogen) atoms. The molecule has 0 amide bonds. The molecule has 0 saturated heterocycles. The summed E-state index contributed by atoms with van der Waals surface area (Å²) in [6, 6.07) is 0. The van der Waals surface area contributed by atoms with Crippen molar-refractivity contribution < 1.29 is 25.1 Å². The van der Waals surface area contributed by atoms with E-state index in [1.165, 1.54) is 0 Å². The van der Waals surface area contributed by atoms with Crippen molar-refractivity contribution in [2.45, 2.75) is 49.0 Å². The van der Waals surface area contributed by atoms with Gasteiger partial charge in [-0.1, -0.05) is 49.0 Å². The topological polar surface area (TPSA) is 36.9 Å². The van der Waals surface area contributed by atoms with E-state index >= 15 is 0 Å². The number of hydrogen-bond donors (Lipinski definition) is 0. The van der Waals surface area contributed by atoms with Crippen LogP contribution in [0.5, 0.6) is 0 Å². The van der Waals surface area contributed by atoms with Crippen LogP contribution in [0, 0.1) is 0 Å². The van der Waals surface area contributed by atoms with E-state index < -0.39 is 0 Å². The zero-order valence-corrected chi connectivity index (χ0v) is 16.0. The second-order valence-corrected chi connectivity index (χ2v) is 1.63. The highest BCUT2D eigenvalue weighted by atomic mass is 19.0. The van der Waals surface area contributed by atoms with Gasteiger partial charge in [-0.05, 0) is 0 Å². The first-order chi connectivity index (χ1) is 8.66. The van der Waals surface area contributed by atoms with Crippen LogP contribution in [-0.2, 0) is 18.9 Å². The molecule has 0 N–H and O–H groups in total. The zero-order chi connectivity index (χ0) is 16.8. The molecule has 0 saturated carbocycles.